The molecule has 0 atom stereocenters. The largest absolute Gasteiger partial charge is 0.463 e. The summed E-state index contributed by atoms with van der Waals surface area (Å²) in [6.07, 6.45) is 1.37. The average molecular weight is 232 g/mol. The Labute approximate surface area is 98.4 Å². The first-order valence-electron chi connectivity index (χ1n) is 5.13. The Kier molecular flexibility index (Phi) is 3.25. The van der Waals surface area contributed by atoms with E-state index in [1.54, 1.807) is 0 Å². The van der Waals surface area contributed by atoms with Gasteiger partial charge in [0.1, 0.15) is 0 Å². The van der Waals surface area contributed by atoms with Gasteiger partial charge in [0.25, 0.3) is 0 Å². The predicted octanol–water partition coefficient (Wildman–Crippen LogP) is 2.23. The lowest BCUT2D eigenvalue weighted by Gasteiger charge is -2.03. The van der Waals surface area contributed by atoms with E-state index in [1.807, 2.05) is 30.3 Å². The molecule has 1 N–H and O–H groups in total. The smallest absolute Gasteiger partial charge is 0.374 e. The Hall–Kier alpha value is -2.07. The van der Waals surface area contributed by atoms with Crippen LogP contribution in [0.3, 0.4) is 0 Å². The molecule has 0 saturated carbocycles. The van der Waals surface area contributed by atoms with E-state index in [-0.39, 0.29) is 12.4 Å². The van der Waals surface area contributed by atoms with E-state index in [1.165, 1.54) is 13.4 Å². The van der Waals surface area contributed by atoms with E-state index in [0.29, 0.717) is 11.1 Å². The summed E-state index contributed by atoms with van der Waals surface area (Å²) in [5.41, 5.74) is 1.96. The number of carbonyl (C=O) groups excluding carboxylic acids is 1. The fourth-order valence-corrected chi connectivity index (χ4v) is 1.67. The summed E-state index contributed by atoms with van der Waals surface area (Å²) >= 11 is 0. The van der Waals surface area contributed by atoms with Gasteiger partial charge in [0.05, 0.1) is 20.0 Å². The van der Waals surface area contributed by atoms with Gasteiger partial charge in [0.15, 0.2) is 0 Å². The van der Waals surface area contributed by atoms with Crippen molar-refractivity contribution in [1.82, 2.24) is 0 Å². The summed E-state index contributed by atoms with van der Waals surface area (Å²) in [5.74, 6) is -0.439. The zero-order valence-corrected chi connectivity index (χ0v) is 9.34. The molecule has 2 rings (SSSR count). The minimum absolute atomic E-state index is 0.114. The second kappa shape index (κ2) is 4.84. The summed E-state index contributed by atoms with van der Waals surface area (Å²) in [4.78, 5) is 11.5. The van der Waals surface area contributed by atoms with Crippen molar-refractivity contribution in [3.63, 3.8) is 0 Å². The van der Waals surface area contributed by atoms with E-state index < -0.39 is 5.97 Å². The minimum Gasteiger partial charge on any atom is -0.463 e. The Morgan fingerprint density at radius 1 is 1.35 bits per heavy atom. The number of hydrogen-bond acceptors (Lipinski definition) is 4. The first-order valence-corrected chi connectivity index (χ1v) is 5.13. The van der Waals surface area contributed by atoms with Crippen LogP contribution in [-0.4, -0.2) is 18.2 Å². The molecular formula is C13H12O4. The summed E-state index contributed by atoms with van der Waals surface area (Å²) in [7, 11) is 1.29. The molecule has 0 aliphatic rings. The van der Waals surface area contributed by atoms with Crippen molar-refractivity contribution in [2.75, 3.05) is 7.11 Å². The summed E-state index contributed by atoms with van der Waals surface area (Å²) < 4.78 is 9.80. The number of esters is 1. The second-order valence-corrected chi connectivity index (χ2v) is 3.48. The maximum absolute atomic E-state index is 11.5. The Bertz CT molecular complexity index is 513. The van der Waals surface area contributed by atoms with Gasteiger partial charge in [-0.3, -0.25) is 0 Å². The third-order valence-electron chi connectivity index (χ3n) is 2.47. The first kappa shape index (κ1) is 11.4. The van der Waals surface area contributed by atoms with E-state index >= 15 is 0 Å². The van der Waals surface area contributed by atoms with Gasteiger partial charge in [-0.25, -0.2) is 4.79 Å². The Morgan fingerprint density at radius 2 is 2.06 bits per heavy atom. The Morgan fingerprint density at radius 3 is 2.65 bits per heavy atom. The van der Waals surface area contributed by atoms with Crippen LogP contribution >= 0.6 is 0 Å². The molecule has 0 unspecified atom stereocenters. The lowest BCUT2D eigenvalue weighted by molar-refractivity contribution is 0.0566. The highest BCUT2D eigenvalue weighted by atomic mass is 16.5. The van der Waals surface area contributed by atoms with Crippen LogP contribution in [0.1, 0.15) is 16.1 Å². The van der Waals surface area contributed by atoms with Gasteiger partial charge in [0, 0.05) is 11.1 Å². The molecule has 1 heterocycles. The molecular weight excluding hydrogens is 220 g/mol. The third kappa shape index (κ3) is 2.07. The lowest BCUT2D eigenvalue weighted by Crippen LogP contribution is -2.01. The molecule has 0 spiro atoms. The van der Waals surface area contributed by atoms with Crippen LogP contribution in [0.4, 0.5) is 0 Å². The van der Waals surface area contributed by atoms with Gasteiger partial charge in [-0.05, 0) is 5.56 Å². The first-order chi connectivity index (χ1) is 8.27. The van der Waals surface area contributed by atoms with Crippen molar-refractivity contribution in [1.29, 1.82) is 0 Å². The van der Waals surface area contributed by atoms with Gasteiger partial charge < -0.3 is 14.3 Å². The molecule has 0 aliphatic carbocycles. The summed E-state index contributed by atoms with van der Waals surface area (Å²) in [5, 5.41) is 9.24. The van der Waals surface area contributed by atoms with Gasteiger partial charge >= 0.3 is 5.97 Å². The number of hydrogen-bond donors (Lipinski definition) is 1. The van der Waals surface area contributed by atoms with Crippen molar-refractivity contribution < 1.29 is 19.1 Å². The average Bonchev–Trinajstić information content (AvgIpc) is 2.82. The van der Waals surface area contributed by atoms with Crippen molar-refractivity contribution >= 4 is 5.97 Å². The third-order valence-corrected chi connectivity index (χ3v) is 2.47. The molecule has 0 bridgehead atoms. The van der Waals surface area contributed by atoms with Crippen molar-refractivity contribution in [3.05, 3.63) is 47.9 Å². The standard InChI is InChI=1S/C13H12O4/c1-16-13(15)12-11(10(7-14)8-17-12)9-5-3-2-4-6-9/h2-6,8,14H,7H2,1H3. The molecule has 4 nitrogen and oxygen atoms in total. The van der Waals surface area contributed by atoms with E-state index in [0.717, 1.165) is 5.56 Å². The number of rotatable bonds is 3. The summed E-state index contributed by atoms with van der Waals surface area (Å²) in [6.45, 7) is -0.190. The monoisotopic (exact) mass is 232 g/mol. The molecule has 2 aromatic rings. The van der Waals surface area contributed by atoms with Gasteiger partial charge in [-0.2, -0.15) is 0 Å². The zero-order valence-electron chi connectivity index (χ0n) is 9.34. The van der Waals surface area contributed by atoms with Gasteiger partial charge in [0.2, 0.25) is 5.76 Å². The number of carbonyl (C=O) groups is 1. The number of aliphatic hydroxyl groups excluding tert-OH is 1. The van der Waals surface area contributed by atoms with Gasteiger partial charge in [-0.15, -0.1) is 0 Å². The summed E-state index contributed by atoms with van der Waals surface area (Å²) in [6, 6.07) is 9.27. The molecule has 17 heavy (non-hydrogen) atoms. The number of ether oxygens (including phenoxy) is 1. The minimum atomic E-state index is -0.552. The number of methoxy groups -OCH3 is 1. The van der Waals surface area contributed by atoms with E-state index in [4.69, 9.17) is 4.42 Å². The molecule has 1 aromatic carbocycles. The highest BCUT2D eigenvalue weighted by molar-refractivity contribution is 5.95. The van der Waals surface area contributed by atoms with Gasteiger partial charge in [-0.1, -0.05) is 30.3 Å². The fourth-order valence-electron chi connectivity index (χ4n) is 1.67. The number of furan rings is 1. The van der Waals surface area contributed by atoms with Crippen LogP contribution in [0, 0.1) is 0 Å². The highest BCUT2D eigenvalue weighted by Gasteiger charge is 2.21. The maximum atomic E-state index is 11.5. The molecule has 4 heteroatoms. The predicted molar refractivity (Wildman–Crippen MR) is 61.4 cm³/mol. The maximum Gasteiger partial charge on any atom is 0.374 e. The molecule has 1 aromatic heterocycles. The topological polar surface area (TPSA) is 59.7 Å². The van der Waals surface area contributed by atoms with Crippen LogP contribution in [-0.2, 0) is 11.3 Å². The molecule has 88 valence electrons. The number of aliphatic hydroxyl groups is 1. The molecule has 0 fully saturated rings. The van der Waals surface area contributed by atoms with E-state index in [9.17, 15) is 9.90 Å². The number of benzene rings is 1. The normalized spacial score (nSPS) is 10.2. The van der Waals surface area contributed by atoms with Crippen molar-refractivity contribution in [2.24, 2.45) is 0 Å². The van der Waals surface area contributed by atoms with Crippen molar-refractivity contribution in [3.8, 4) is 11.1 Å². The van der Waals surface area contributed by atoms with Crippen LogP contribution in [0.2, 0.25) is 0 Å². The molecule has 0 aliphatic heterocycles. The fraction of sp³-hybridized carbons (Fsp3) is 0.154. The van der Waals surface area contributed by atoms with Crippen LogP contribution in [0.5, 0.6) is 0 Å². The lowest BCUT2D eigenvalue weighted by atomic mass is 10.0. The van der Waals surface area contributed by atoms with Crippen LogP contribution in [0.15, 0.2) is 41.0 Å². The second-order valence-electron chi connectivity index (χ2n) is 3.48. The quantitative estimate of drug-likeness (QED) is 0.824. The van der Waals surface area contributed by atoms with E-state index in [2.05, 4.69) is 4.74 Å². The van der Waals surface area contributed by atoms with Crippen molar-refractivity contribution in [2.45, 2.75) is 6.61 Å². The molecule has 0 radical (unpaired) electrons. The zero-order chi connectivity index (χ0) is 12.3. The molecule has 0 saturated heterocycles. The molecule has 0 amide bonds. The Balaban J connectivity index is 2.58. The highest BCUT2D eigenvalue weighted by Crippen LogP contribution is 2.30. The van der Waals surface area contributed by atoms with Crippen LogP contribution in [0.25, 0.3) is 11.1 Å². The SMILES string of the molecule is COC(=O)c1occ(CO)c1-c1ccccc1. The van der Waals surface area contributed by atoms with Crippen LogP contribution < -0.4 is 0 Å².